The van der Waals surface area contributed by atoms with Crippen LogP contribution in [0.1, 0.15) is 31.2 Å². The van der Waals surface area contributed by atoms with Gasteiger partial charge in [-0.15, -0.1) is 0 Å². The largest absolute Gasteiger partial charge is 0.492 e. The van der Waals surface area contributed by atoms with Crippen LogP contribution in [-0.2, 0) is 20.8 Å². The first-order valence-electron chi connectivity index (χ1n) is 10.4. The second-order valence-corrected chi connectivity index (χ2v) is 7.60. The number of para-hydroxylation sites is 1. The SMILES string of the molecule is O=C1CNCCOc2ccccc2CCCNC(=O)C(CC2CC2)NC(=O)CN1. The first kappa shape index (κ1) is 21.1. The Hall–Kier alpha value is -2.61. The Balaban J connectivity index is 1.62. The van der Waals surface area contributed by atoms with Crippen LogP contribution in [0.4, 0.5) is 0 Å². The molecule has 1 aromatic rings. The number of nitrogens with one attached hydrogen (secondary N) is 4. The zero-order valence-electron chi connectivity index (χ0n) is 16.7. The van der Waals surface area contributed by atoms with E-state index in [1.807, 2.05) is 24.3 Å². The normalized spacial score (nSPS) is 22.8. The predicted octanol–water partition coefficient (Wildman–Crippen LogP) is 0.119. The van der Waals surface area contributed by atoms with E-state index in [-0.39, 0.29) is 30.8 Å². The molecule has 3 rings (SSSR count). The quantitative estimate of drug-likeness (QED) is 0.562. The van der Waals surface area contributed by atoms with Gasteiger partial charge in [-0.3, -0.25) is 14.4 Å². The molecular weight excluding hydrogens is 372 g/mol. The van der Waals surface area contributed by atoms with Crippen LogP contribution in [0.3, 0.4) is 0 Å². The highest BCUT2D eigenvalue weighted by atomic mass is 16.5. The van der Waals surface area contributed by atoms with Crippen LogP contribution in [0.15, 0.2) is 24.3 Å². The number of benzene rings is 1. The molecule has 1 aromatic carbocycles. The second kappa shape index (κ2) is 10.8. The maximum atomic E-state index is 12.6. The molecular formula is C21H30N4O4. The summed E-state index contributed by atoms with van der Waals surface area (Å²) in [4.78, 5) is 36.6. The smallest absolute Gasteiger partial charge is 0.242 e. The van der Waals surface area contributed by atoms with Gasteiger partial charge in [0.1, 0.15) is 18.4 Å². The van der Waals surface area contributed by atoms with Crippen LogP contribution in [0.25, 0.3) is 0 Å². The second-order valence-electron chi connectivity index (χ2n) is 7.60. The van der Waals surface area contributed by atoms with Gasteiger partial charge in [-0.2, -0.15) is 0 Å². The van der Waals surface area contributed by atoms with Gasteiger partial charge in [0.2, 0.25) is 17.7 Å². The highest BCUT2D eigenvalue weighted by Gasteiger charge is 2.30. The zero-order valence-corrected chi connectivity index (χ0v) is 16.7. The topological polar surface area (TPSA) is 109 Å². The van der Waals surface area contributed by atoms with E-state index in [1.54, 1.807) is 0 Å². The summed E-state index contributed by atoms with van der Waals surface area (Å²) < 4.78 is 5.83. The lowest BCUT2D eigenvalue weighted by Gasteiger charge is -2.19. The van der Waals surface area contributed by atoms with Gasteiger partial charge in [0, 0.05) is 13.1 Å². The van der Waals surface area contributed by atoms with Crippen molar-refractivity contribution < 1.29 is 19.1 Å². The summed E-state index contributed by atoms with van der Waals surface area (Å²) in [5, 5.41) is 11.3. The molecule has 1 saturated carbocycles. The molecule has 0 aromatic heterocycles. The average molecular weight is 402 g/mol. The molecule has 1 aliphatic heterocycles. The van der Waals surface area contributed by atoms with Gasteiger partial charge < -0.3 is 26.0 Å². The van der Waals surface area contributed by atoms with E-state index in [1.165, 1.54) is 0 Å². The molecule has 158 valence electrons. The molecule has 1 unspecified atom stereocenters. The van der Waals surface area contributed by atoms with Crippen molar-refractivity contribution in [3.05, 3.63) is 29.8 Å². The van der Waals surface area contributed by atoms with Crippen molar-refractivity contribution in [3.8, 4) is 5.75 Å². The van der Waals surface area contributed by atoms with E-state index in [9.17, 15) is 14.4 Å². The summed E-state index contributed by atoms with van der Waals surface area (Å²) in [7, 11) is 0. The average Bonchev–Trinajstić information content (AvgIpc) is 3.53. The van der Waals surface area contributed by atoms with Gasteiger partial charge in [0.25, 0.3) is 0 Å². The molecule has 0 saturated heterocycles. The van der Waals surface area contributed by atoms with Crippen LogP contribution < -0.4 is 26.0 Å². The van der Waals surface area contributed by atoms with Crippen molar-refractivity contribution in [1.82, 2.24) is 21.3 Å². The molecule has 8 heteroatoms. The monoisotopic (exact) mass is 402 g/mol. The van der Waals surface area contributed by atoms with Gasteiger partial charge in [-0.1, -0.05) is 31.0 Å². The van der Waals surface area contributed by atoms with Crippen molar-refractivity contribution in [1.29, 1.82) is 0 Å². The number of aryl methyl sites for hydroxylation is 1. The van der Waals surface area contributed by atoms with Gasteiger partial charge >= 0.3 is 0 Å². The highest BCUT2D eigenvalue weighted by Crippen LogP contribution is 2.33. The van der Waals surface area contributed by atoms with Crippen LogP contribution in [-0.4, -0.2) is 56.5 Å². The van der Waals surface area contributed by atoms with E-state index >= 15 is 0 Å². The molecule has 0 bridgehead atoms. The molecule has 4 N–H and O–H groups in total. The molecule has 1 atom stereocenters. The van der Waals surface area contributed by atoms with Crippen LogP contribution in [0, 0.1) is 5.92 Å². The van der Waals surface area contributed by atoms with Gasteiger partial charge in [-0.05, 0) is 36.8 Å². The Labute approximate surface area is 171 Å². The van der Waals surface area contributed by atoms with Crippen LogP contribution >= 0.6 is 0 Å². The standard InChI is InChI=1S/C21H30N4O4/c26-19-13-22-10-11-29-18-6-2-1-4-16(18)5-3-9-23-21(28)17(12-15-7-8-15)25-20(27)14-24-19/h1-2,4,6,15,17,22H,3,5,7-14H2,(H,23,28)(H,24,26)(H,25,27). The summed E-state index contributed by atoms with van der Waals surface area (Å²) in [5.74, 6) is 0.531. The van der Waals surface area contributed by atoms with E-state index in [0.717, 1.165) is 37.0 Å². The lowest BCUT2D eigenvalue weighted by atomic mass is 10.1. The molecule has 2 aliphatic rings. The maximum Gasteiger partial charge on any atom is 0.242 e. The van der Waals surface area contributed by atoms with Crippen molar-refractivity contribution >= 4 is 17.7 Å². The third-order valence-corrected chi connectivity index (χ3v) is 5.08. The fourth-order valence-electron chi connectivity index (χ4n) is 3.30. The number of rotatable bonds is 2. The third-order valence-electron chi connectivity index (χ3n) is 5.08. The number of hydrogen-bond acceptors (Lipinski definition) is 5. The molecule has 3 amide bonds. The summed E-state index contributed by atoms with van der Waals surface area (Å²) in [6.07, 6.45) is 4.40. The Morgan fingerprint density at radius 3 is 2.62 bits per heavy atom. The number of carbonyl (C=O) groups excluding carboxylic acids is 3. The lowest BCUT2D eigenvalue weighted by Crippen LogP contribution is -2.50. The third kappa shape index (κ3) is 7.38. The van der Waals surface area contributed by atoms with E-state index in [4.69, 9.17) is 4.74 Å². The maximum absolute atomic E-state index is 12.6. The lowest BCUT2D eigenvalue weighted by molar-refractivity contribution is -0.129. The molecule has 0 spiro atoms. The van der Waals surface area contributed by atoms with Gasteiger partial charge in [0.05, 0.1) is 13.1 Å². The minimum absolute atomic E-state index is 0.101. The summed E-state index contributed by atoms with van der Waals surface area (Å²) in [5.41, 5.74) is 1.09. The molecule has 1 aliphatic carbocycles. The Kier molecular flexibility index (Phi) is 7.86. The Bertz CT molecular complexity index is 720. The first-order valence-corrected chi connectivity index (χ1v) is 10.4. The van der Waals surface area contributed by atoms with Gasteiger partial charge in [0.15, 0.2) is 0 Å². The number of amides is 3. The van der Waals surface area contributed by atoms with Crippen LogP contribution in [0.5, 0.6) is 5.75 Å². The van der Waals surface area contributed by atoms with Gasteiger partial charge in [-0.25, -0.2) is 0 Å². The van der Waals surface area contributed by atoms with Crippen molar-refractivity contribution in [2.75, 3.05) is 32.8 Å². The fourth-order valence-corrected chi connectivity index (χ4v) is 3.30. The minimum Gasteiger partial charge on any atom is -0.492 e. The van der Waals surface area contributed by atoms with E-state index in [2.05, 4.69) is 21.3 Å². The molecule has 0 radical (unpaired) electrons. The molecule has 8 nitrogen and oxygen atoms in total. The summed E-state index contributed by atoms with van der Waals surface area (Å²) >= 11 is 0. The highest BCUT2D eigenvalue weighted by molar-refractivity contribution is 5.90. The number of fused-ring (bicyclic) bond motifs is 1. The summed E-state index contributed by atoms with van der Waals surface area (Å²) in [6, 6.07) is 7.29. The van der Waals surface area contributed by atoms with Crippen molar-refractivity contribution in [2.45, 2.75) is 38.1 Å². The molecule has 1 fully saturated rings. The number of carbonyl (C=O) groups is 3. The Morgan fingerprint density at radius 2 is 1.79 bits per heavy atom. The van der Waals surface area contributed by atoms with Crippen molar-refractivity contribution in [2.24, 2.45) is 5.92 Å². The predicted molar refractivity (Wildman–Crippen MR) is 108 cm³/mol. The fraction of sp³-hybridized carbons (Fsp3) is 0.571. The minimum atomic E-state index is -0.556. The van der Waals surface area contributed by atoms with E-state index < -0.39 is 6.04 Å². The molecule has 29 heavy (non-hydrogen) atoms. The number of ether oxygens (including phenoxy) is 1. The first-order chi connectivity index (χ1) is 14.1. The number of hydrogen-bond donors (Lipinski definition) is 4. The summed E-state index contributed by atoms with van der Waals surface area (Å²) in [6.45, 7) is 1.45. The van der Waals surface area contributed by atoms with Crippen molar-refractivity contribution in [3.63, 3.8) is 0 Å². The van der Waals surface area contributed by atoms with E-state index in [0.29, 0.717) is 32.0 Å². The zero-order chi connectivity index (χ0) is 20.5. The Morgan fingerprint density at radius 1 is 0.966 bits per heavy atom. The molecule has 1 heterocycles. The van der Waals surface area contributed by atoms with Crippen LogP contribution in [0.2, 0.25) is 0 Å².